The molecule has 122 valence electrons. The van der Waals surface area contributed by atoms with Gasteiger partial charge in [-0.2, -0.15) is 0 Å². The van der Waals surface area contributed by atoms with Crippen molar-refractivity contribution in [2.24, 2.45) is 0 Å². The van der Waals surface area contributed by atoms with Crippen LogP contribution in [-0.4, -0.2) is 78.8 Å². The smallest absolute Gasteiger partial charge is 0.250 e. The SMILES string of the molecule is COCCC(=O)N1CCC(O)(CN2CCC(F)(F)CC2)C1. The number of piperidine rings is 1. The number of carbonyl (C=O) groups excluding carboxylic acids is 1. The van der Waals surface area contributed by atoms with Crippen LogP contribution >= 0.6 is 0 Å². The summed E-state index contributed by atoms with van der Waals surface area (Å²) in [4.78, 5) is 15.4. The summed E-state index contributed by atoms with van der Waals surface area (Å²) in [7, 11) is 1.54. The van der Waals surface area contributed by atoms with Gasteiger partial charge in [-0.3, -0.25) is 9.69 Å². The number of alkyl halides is 2. The van der Waals surface area contributed by atoms with Gasteiger partial charge >= 0.3 is 0 Å². The van der Waals surface area contributed by atoms with Crippen LogP contribution in [0.3, 0.4) is 0 Å². The third-order valence-electron chi connectivity index (χ3n) is 4.31. The summed E-state index contributed by atoms with van der Waals surface area (Å²) in [6, 6.07) is 0. The monoisotopic (exact) mass is 306 g/mol. The number of amides is 1. The van der Waals surface area contributed by atoms with Crippen molar-refractivity contribution < 1.29 is 23.4 Å². The fourth-order valence-electron chi connectivity index (χ4n) is 3.00. The van der Waals surface area contributed by atoms with Crippen LogP contribution in [0, 0.1) is 0 Å². The molecule has 2 rings (SSSR count). The number of β-amino-alcohol motifs (C(OH)–C–C–N with tert-alkyl or cyclic N) is 1. The van der Waals surface area contributed by atoms with Crippen molar-refractivity contribution >= 4 is 5.91 Å². The third-order valence-corrected chi connectivity index (χ3v) is 4.31. The molecule has 0 bridgehead atoms. The Kier molecular flexibility index (Phi) is 5.16. The Morgan fingerprint density at radius 1 is 1.24 bits per heavy atom. The van der Waals surface area contributed by atoms with Crippen LogP contribution in [0.15, 0.2) is 0 Å². The Bertz CT molecular complexity index is 371. The van der Waals surface area contributed by atoms with Gasteiger partial charge in [0.2, 0.25) is 5.91 Å². The van der Waals surface area contributed by atoms with Gasteiger partial charge in [-0.1, -0.05) is 0 Å². The molecule has 2 aliphatic heterocycles. The maximum Gasteiger partial charge on any atom is 0.250 e. The van der Waals surface area contributed by atoms with Gasteiger partial charge in [0.15, 0.2) is 0 Å². The van der Waals surface area contributed by atoms with Crippen molar-refractivity contribution in [2.75, 3.05) is 46.4 Å². The van der Waals surface area contributed by atoms with Gasteiger partial charge in [-0.05, 0) is 6.42 Å². The number of nitrogens with zero attached hydrogens (tertiary/aromatic N) is 2. The number of likely N-dealkylation sites (tertiary alicyclic amines) is 2. The number of hydrogen-bond acceptors (Lipinski definition) is 4. The minimum atomic E-state index is -2.57. The molecule has 5 nitrogen and oxygen atoms in total. The highest BCUT2D eigenvalue weighted by Gasteiger charge is 2.41. The molecule has 0 aromatic carbocycles. The van der Waals surface area contributed by atoms with E-state index >= 15 is 0 Å². The summed E-state index contributed by atoms with van der Waals surface area (Å²) in [6.45, 7) is 2.12. The van der Waals surface area contributed by atoms with E-state index in [4.69, 9.17) is 4.74 Å². The zero-order valence-electron chi connectivity index (χ0n) is 12.5. The summed E-state index contributed by atoms with van der Waals surface area (Å²) in [6.07, 6.45) is 0.500. The second-order valence-corrected chi connectivity index (χ2v) is 6.16. The molecule has 2 fully saturated rings. The Labute approximate surface area is 123 Å². The Morgan fingerprint density at radius 2 is 1.90 bits per heavy atom. The Balaban J connectivity index is 1.80. The number of carbonyl (C=O) groups is 1. The van der Waals surface area contributed by atoms with E-state index in [1.165, 1.54) is 0 Å². The Morgan fingerprint density at radius 3 is 2.52 bits per heavy atom. The summed E-state index contributed by atoms with van der Waals surface area (Å²) < 4.78 is 31.1. The fourth-order valence-corrected chi connectivity index (χ4v) is 3.00. The average molecular weight is 306 g/mol. The minimum absolute atomic E-state index is 0.0297. The molecule has 2 heterocycles. The van der Waals surface area contributed by atoms with Gasteiger partial charge in [0.1, 0.15) is 0 Å². The summed E-state index contributed by atoms with van der Waals surface area (Å²) in [5, 5.41) is 10.6. The Hall–Kier alpha value is -0.790. The standard InChI is InChI=1S/C14H24F2N2O3/c1-21-9-2-12(19)18-8-3-13(20,11-18)10-17-6-4-14(15,16)5-7-17/h20H,2-11H2,1H3. The van der Waals surface area contributed by atoms with Crippen LogP contribution in [0.1, 0.15) is 25.7 Å². The van der Waals surface area contributed by atoms with Gasteiger partial charge in [0.05, 0.1) is 25.2 Å². The largest absolute Gasteiger partial charge is 0.387 e. The van der Waals surface area contributed by atoms with Crippen molar-refractivity contribution in [1.82, 2.24) is 9.80 Å². The maximum atomic E-state index is 13.1. The second kappa shape index (κ2) is 6.54. The lowest BCUT2D eigenvalue weighted by atomic mass is 10.00. The molecule has 1 amide bonds. The quantitative estimate of drug-likeness (QED) is 0.813. The first-order valence-electron chi connectivity index (χ1n) is 7.43. The fraction of sp³-hybridized carbons (Fsp3) is 0.929. The summed E-state index contributed by atoms with van der Waals surface area (Å²) in [5.41, 5.74) is -0.977. The first-order valence-corrected chi connectivity index (χ1v) is 7.43. The highest BCUT2D eigenvalue weighted by Crippen LogP contribution is 2.30. The molecule has 1 unspecified atom stereocenters. The molecular weight excluding hydrogens is 282 g/mol. The highest BCUT2D eigenvalue weighted by molar-refractivity contribution is 5.76. The van der Waals surface area contributed by atoms with E-state index in [-0.39, 0.29) is 25.3 Å². The van der Waals surface area contributed by atoms with Gasteiger partial charge < -0.3 is 14.7 Å². The van der Waals surface area contributed by atoms with Crippen LogP contribution in [-0.2, 0) is 9.53 Å². The number of halogens is 2. The molecule has 0 spiro atoms. The van der Waals surface area contributed by atoms with Crippen molar-refractivity contribution in [2.45, 2.75) is 37.2 Å². The van der Waals surface area contributed by atoms with E-state index in [0.29, 0.717) is 45.6 Å². The van der Waals surface area contributed by atoms with Crippen LogP contribution in [0.5, 0.6) is 0 Å². The predicted molar refractivity (Wildman–Crippen MR) is 73.3 cm³/mol. The van der Waals surface area contributed by atoms with E-state index in [1.54, 1.807) is 12.0 Å². The molecular formula is C14H24F2N2O3. The van der Waals surface area contributed by atoms with Crippen LogP contribution in [0.4, 0.5) is 8.78 Å². The molecule has 0 aromatic rings. The molecule has 0 radical (unpaired) electrons. The first kappa shape index (κ1) is 16.6. The molecule has 0 aromatic heterocycles. The number of methoxy groups -OCH3 is 1. The topological polar surface area (TPSA) is 53.0 Å². The minimum Gasteiger partial charge on any atom is -0.387 e. The number of aliphatic hydroxyl groups is 1. The predicted octanol–water partition coefficient (Wildman–Crippen LogP) is 0.717. The number of hydrogen-bond donors (Lipinski definition) is 1. The van der Waals surface area contributed by atoms with Gasteiger partial charge in [0.25, 0.3) is 5.92 Å². The zero-order valence-corrected chi connectivity index (χ0v) is 12.5. The van der Waals surface area contributed by atoms with E-state index in [9.17, 15) is 18.7 Å². The van der Waals surface area contributed by atoms with Crippen molar-refractivity contribution in [3.05, 3.63) is 0 Å². The maximum absolute atomic E-state index is 13.1. The lowest BCUT2D eigenvalue weighted by Crippen LogP contribution is -2.49. The van der Waals surface area contributed by atoms with Crippen LogP contribution < -0.4 is 0 Å². The van der Waals surface area contributed by atoms with Gasteiger partial charge in [0, 0.05) is 46.1 Å². The lowest BCUT2D eigenvalue weighted by Gasteiger charge is -2.36. The van der Waals surface area contributed by atoms with Crippen molar-refractivity contribution in [3.63, 3.8) is 0 Å². The molecule has 21 heavy (non-hydrogen) atoms. The van der Waals surface area contributed by atoms with Gasteiger partial charge in [-0.25, -0.2) is 8.78 Å². The average Bonchev–Trinajstić information content (AvgIpc) is 2.81. The van der Waals surface area contributed by atoms with E-state index in [0.717, 1.165) is 0 Å². The molecule has 0 saturated carbocycles. The molecule has 2 saturated heterocycles. The van der Waals surface area contributed by atoms with Gasteiger partial charge in [-0.15, -0.1) is 0 Å². The molecule has 2 aliphatic rings. The zero-order chi connectivity index (χ0) is 15.5. The van der Waals surface area contributed by atoms with Crippen molar-refractivity contribution in [3.8, 4) is 0 Å². The molecule has 7 heteroatoms. The second-order valence-electron chi connectivity index (χ2n) is 6.16. The number of rotatable bonds is 5. The first-order chi connectivity index (χ1) is 9.84. The molecule has 1 N–H and O–H groups in total. The van der Waals surface area contributed by atoms with E-state index in [2.05, 4.69) is 0 Å². The molecule has 0 aliphatic carbocycles. The number of ether oxygens (including phenoxy) is 1. The third kappa shape index (κ3) is 4.59. The van der Waals surface area contributed by atoms with Crippen LogP contribution in [0.2, 0.25) is 0 Å². The normalized spacial score (nSPS) is 29.8. The lowest BCUT2D eigenvalue weighted by molar-refractivity contribution is -0.132. The van der Waals surface area contributed by atoms with E-state index in [1.807, 2.05) is 4.90 Å². The highest BCUT2D eigenvalue weighted by atomic mass is 19.3. The van der Waals surface area contributed by atoms with E-state index < -0.39 is 11.5 Å². The summed E-state index contributed by atoms with van der Waals surface area (Å²) >= 11 is 0. The molecule has 1 atom stereocenters. The summed E-state index contributed by atoms with van der Waals surface area (Å²) in [5.74, 6) is -2.60. The van der Waals surface area contributed by atoms with Crippen LogP contribution in [0.25, 0.3) is 0 Å². The van der Waals surface area contributed by atoms with Crippen molar-refractivity contribution in [1.29, 1.82) is 0 Å².